The number of carbonyl (C=O) groups is 3. The molecule has 0 spiro atoms. The molecule has 1 aliphatic heterocycles. The molecule has 6 heteroatoms. The van der Waals surface area contributed by atoms with Crippen LogP contribution >= 0.6 is 0 Å². The maximum Gasteiger partial charge on any atom is 0.247 e. The second kappa shape index (κ2) is 9.67. The smallest absolute Gasteiger partial charge is 0.247 e. The molecule has 174 valence electrons. The molecule has 3 atom stereocenters. The molecule has 0 bridgehead atoms. The lowest BCUT2D eigenvalue weighted by Gasteiger charge is -2.29. The van der Waals surface area contributed by atoms with Gasteiger partial charge < -0.3 is 14.8 Å². The molecule has 1 aromatic heterocycles. The summed E-state index contributed by atoms with van der Waals surface area (Å²) in [6, 6.07) is 20.2. The molecule has 1 aliphatic carbocycles. The molecule has 1 N–H and O–H groups in total. The Morgan fingerprint density at radius 3 is 2.26 bits per heavy atom. The van der Waals surface area contributed by atoms with E-state index in [0.717, 1.165) is 24.9 Å². The molecule has 2 heterocycles. The zero-order valence-corrected chi connectivity index (χ0v) is 19.1. The number of amides is 2. The minimum Gasteiger partial charge on any atom is -0.330 e. The van der Waals surface area contributed by atoms with Crippen LogP contribution in [0.5, 0.6) is 0 Å². The van der Waals surface area contributed by atoms with Gasteiger partial charge in [-0.05, 0) is 49.9 Å². The summed E-state index contributed by atoms with van der Waals surface area (Å²) in [5.41, 5.74) is 2.24. The molecule has 2 amide bonds. The lowest BCUT2D eigenvalue weighted by molar-refractivity contribution is -0.140. The Morgan fingerprint density at radius 1 is 0.765 bits per heavy atom. The highest BCUT2D eigenvalue weighted by Crippen LogP contribution is 2.37. The molecular formula is C28H29N3O3. The summed E-state index contributed by atoms with van der Waals surface area (Å²) >= 11 is 0. The normalized spacial score (nSPS) is 22.0. The molecule has 0 unspecified atom stereocenters. The zero-order chi connectivity index (χ0) is 23.5. The third kappa shape index (κ3) is 4.28. The number of likely N-dealkylation sites (tertiary alicyclic amines) is 1. The highest BCUT2D eigenvalue weighted by molar-refractivity contribution is 6.02. The van der Waals surface area contributed by atoms with Gasteiger partial charge in [0.1, 0.15) is 6.04 Å². The molecule has 6 nitrogen and oxygen atoms in total. The van der Waals surface area contributed by atoms with Gasteiger partial charge in [0.15, 0.2) is 5.78 Å². The first-order valence-corrected chi connectivity index (χ1v) is 12.1. The second-order valence-corrected chi connectivity index (χ2v) is 9.16. The lowest BCUT2D eigenvalue weighted by atomic mass is 9.87. The Morgan fingerprint density at radius 2 is 1.47 bits per heavy atom. The van der Waals surface area contributed by atoms with Gasteiger partial charge in [-0.3, -0.25) is 14.4 Å². The second-order valence-electron chi connectivity index (χ2n) is 9.16. The van der Waals surface area contributed by atoms with Gasteiger partial charge in [-0.25, -0.2) is 0 Å². The van der Waals surface area contributed by atoms with Gasteiger partial charge in [0.25, 0.3) is 0 Å². The molecule has 1 saturated carbocycles. The predicted octanol–water partition coefficient (Wildman–Crippen LogP) is 4.71. The number of ketones is 1. The van der Waals surface area contributed by atoms with E-state index in [4.69, 9.17) is 0 Å². The van der Waals surface area contributed by atoms with Crippen molar-refractivity contribution in [3.8, 4) is 5.69 Å². The van der Waals surface area contributed by atoms with Crippen LogP contribution in [0, 0.1) is 11.8 Å². The number of aromatic nitrogens is 1. The van der Waals surface area contributed by atoms with E-state index in [1.165, 1.54) is 0 Å². The van der Waals surface area contributed by atoms with Crippen molar-refractivity contribution in [3.05, 3.63) is 84.7 Å². The van der Waals surface area contributed by atoms with Crippen molar-refractivity contribution in [2.75, 3.05) is 11.9 Å². The van der Waals surface area contributed by atoms with Crippen molar-refractivity contribution in [1.82, 2.24) is 9.47 Å². The molecule has 3 aromatic rings. The van der Waals surface area contributed by atoms with E-state index >= 15 is 0 Å². The Kier molecular flexibility index (Phi) is 6.30. The average Bonchev–Trinajstić information content (AvgIpc) is 3.65. The molecule has 2 aromatic carbocycles. The largest absolute Gasteiger partial charge is 0.330 e. The molecule has 2 aliphatic rings. The minimum absolute atomic E-state index is 0.0392. The van der Waals surface area contributed by atoms with E-state index < -0.39 is 6.04 Å². The van der Waals surface area contributed by atoms with Crippen molar-refractivity contribution in [1.29, 1.82) is 0 Å². The number of rotatable bonds is 6. The van der Waals surface area contributed by atoms with Crippen LogP contribution in [-0.4, -0.2) is 39.7 Å². The van der Waals surface area contributed by atoms with Crippen molar-refractivity contribution in [3.63, 3.8) is 0 Å². The number of hydrogen-bond acceptors (Lipinski definition) is 3. The van der Waals surface area contributed by atoms with Crippen LogP contribution in [0.3, 0.4) is 0 Å². The molecular weight excluding hydrogens is 426 g/mol. The maximum absolute atomic E-state index is 13.6. The zero-order valence-electron chi connectivity index (χ0n) is 19.1. The summed E-state index contributed by atoms with van der Waals surface area (Å²) in [5.74, 6) is -0.850. The summed E-state index contributed by atoms with van der Waals surface area (Å²) in [7, 11) is 0. The fraction of sp³-hybridized carbons (Fsp3) is 0.321. The van der Waals surface area contributed by atoms with Crippen molar-refractivity contribution in [2.45, 2.75) is 38.1 Å². The Balaban J connectivity index is 1.32. The highest BCUT2D eigenvalue weighted by atomic mass is 16.2. The van der Waals surface area contributed by atoms with Crippen molar-refractivity contribution >= 4 is 23.3 Å². The summed E-state index contributed by atoms with van der Waals surface area (Å²) in [6.07, 6.45) is 7.55. The monoisotopic (exact) mass is 455 g/mol. The lowest BCUT2D eigenvalue weighted by Crippen LogP contribution is -2.47. The van der Waals surface area contributed by atoms with Crippen LogP contribution < -0.4 is 5.32 Å². The molecule has 1 saturated heterocycles. The number of Topliss-reactive ketones (excluding diaryl/α,β-unsaturated/α-hetero) is 1. The van der Waals surface area contributed by atoms with E-state index in [2.05, 4.69) is 5.32 Å². The number of hydrogen-bond donors (Lipinski definition) is 1. The minimum atomic E-state index is -0.515. The standard InChI is InChI=1S/C28H29N3O3/c32-26(20-10-2-1-3-11-20)21-12-8-13-22(21)28(34)31-19-9-16-25(31)27(33)29-23-14-4-5-15-24(23)30-17-6-7-18-30/h1-7,10-11,14-15,17-18,21-22,25H,8-9,12-13,16,19H2,(H,29,33)/t21-,22-,25-/m0/s1. The molecule has 0 radical (unpaired) electrons. The first-order valence-electron chi connectivity index (χ1n) is 12.1. The third-order valence-corrected chi connectivity index (χ3v) is 7.11. The van der Waals surface area contributed by atoms with E-state index in [1.807, 2.05) is 83.7 Å². The number of nitrogens with zero attached hydrogens (tertiary/aromatic N) is 2. The topological polar surface area (TPSA) is 71.4 Å². The van der Waals surface area contributed by atoms with E-state index in [1.54, 1.807) is 4.90 Å². The van der Waals surface area contributed by atoms with Gasteiger partial charge in [-0.2, -0.15) is 0 Å². The van der Waals surface area contributed by atoms with Gasteiger partial charge in [-0.15, -0.1) is 0 Å². The van der Waals surface area contributed by atoms with Crippen LogP contribution in [0.2, 0.25) is 0 Å². The van der Waals surface area contributed by atoms with Crippen LogP contribution in [0.25, 0.3) is 5.69 Å². The third-order valence-electron chi connectivity index (χ3n) is 7.11. The summed E-state index contributed by atoms with van der Waals surface area (Å²) in [5, 5.41) is 3.06. The van der Waals surface area contributed by atoms with Crippen molar-refractivity contribution in [2.24, 2.45) is 11.8 Å². The van der Waals surface area contributed by atoms with Gasteiger partial charge >= 0.3 is 0 Å². The Bertz CT molecular complexity index is 1170. The fourth-order valence-electron chi connectivity index (χ4n) is 5.42. The highest BCUT2D eigenvalue weighted by Gasteiger charge is 2.43. The van der Waals surface area contributed by atoms with Crippen LogP contribution in [0.4, 0.5) is 5.69 Å². The van der Waals surface area contributed by atoms with E-state index in [-0.39, 0.29) is 29.4 Å². The first kappa shape index (κ1) is 22.1. The van der Waals surface area contributed by atoms with Crippen LogP contribution in [0.1, 0.15) is 42.5 Å². The van der Waals surface area contributed by atoms with E-state index in [0.29, 0.717) is 30.6 Å². The maximum atomic E-state index is 13.6. The summed E-state index contributed by atoms with van der Waals surface area (Å²) < 4.78 is 1.95. The molecule has 2 fully saturated rings. The molecule has 5 rings (SSSR count). The SMILES string of the molecule is O=C(c1ccccc1)[C@H]1CCC[C@@H]1C(=O)N1CCC[C@H]1C(=O)Nc1ccccc1-n1cccc1. The average molecular weight is 456 g/mol. The van der Waals surface area contributed by atoms with Crippen molar-refractivity contribution < 1.29 is 14.4 Å². The van der Waals surface area contributed by atoms with Crippen LogP contribution in [-0.2, 0) is 9.59 Å². The van der Waals surface area contributed by atoms with Gasteiger partial charge in [0.05, 0.1) is 11.4 Å². The number of carbonyl (C=O) groups excluding carboxylic acids is 3. The number of anilines is 1. The van der Waals surface area contributed by atoms with Gasteiger partial charge in [0, 0.05) is 36.3 Å². The Labute approximate surface area is 199 Å². The van der Waals surface area contributed by atoms with Crippen LogP contribution in [0.15, 0.2) is 79.1 Å². The van der Waals surface area contributed by atoms with Gasteiger partial charge in [0.2, 0.25) is 11.8 Å². The fourth-order valence-corrected chi connectivity index (χ4v) is 5.42. The Hall–Kier alpha value is -3.67. The van der Waals surface area contributed by atoms with E-state index in [9.17, 15) is 14.4 Å². The molecule has 34 heavy (non-hydrogen) atoms. The number of nitrogens with one attached hydrogen (secondary N) is 1. The number of benzene rings is 2. The van der Waals surface area contributed by atoms with Gasteiger partial charge in [-0.1, -0.05) is 48.9 Å². The number of para-hydroxylation sites is 2. The quantitative estimate of drug-likeness (QED) is 0.548. The predicted molar refractivity (Wildman–Crippen MR) is 131 cm³/mol. The summed E-state index contributed by atoms with van der Waals surface area (Å²) in [4.78, 5) is 41.8. The summed E-state index contributed by atoms with van der Waals surface area (Å²) in [6.45, 7) is 0.554. The first-order chi connectivity index (χ1) is 16.6.